The van der Waals surface area contributed by atoms with E-state index in [0.717, 1.165) is 12.1 Å². The van der Waals surface area contributed by atoms with Gasteiger partial charge in [0.05, 0.1) is 18.2 Å². The Morgan fingerprint density at radius 3 is 2.61 bits per heavy atom. The minimum atomic E-state index is -0.0846. The number of halogens is 1. The average molecular weight is 328 g/mol. The zero-order valence-electron chi connectivity index (χ0n) is 12.9. The molecule has 4 nitrogen and oxygen atoms in total. The van der Waals surface area contributed by atoms with Crippen molar-refractivity contribution >= 4 is 23.2 Å². The lowest BCUT2D eigenvalue weighted by atomic mass is 10.2. The number of hydrogen-bond acceptors (Lipinski definition) is 3. The van der Waals surface area contributed by atoms with Crippen molar-refractivity contribution in [2.75, 3.05) is 18.4 Å². The second kappa shape index (κ2) is 8.33. The number of rotatable bonds is 6. The van der Waals surface area contributed by atoms with Crippen LogP contribution in [-0.4, -0.2) is 23.9 Å². The molecule has 5 heteroatoms. The van der Waals surface area contributed by atoms with Crippen LogP contribution in [0.3, 0.4) is 0 Å². The van der Waals surface area contributed by atoms with Crippen molar-refractivity contribution < 1.29 is 4.79 Å². The summed E-state index contributed by atoms with van der Waals surface area (Å²) >= 11 is 5.99. The summed E-state index contributed by atoms with van der Waals surface area (Å²) in [5.41, 5.74) is 2.33. The van der Waals surface area contributed by atoms with Gasteiger partial charge in [0.1, 0.15) is 0 Å². The van der Waals surface area contributed by atoms with Gasteiger partial charge in [0.25, 0.3) is 0 Å². The number of benzene rings is 2. The molecule has 23 heavy (non-hydrogen) atoms. The van der Waals surface area contributed by atoms with Crippen molar-refractivity contribution in [2.45, 2.75) is 13.5 Å². The number of nitrogens with zero attached hydrogens (tertiary/aromatic N) is 2. The van der Waals surface area contributed by atoms with Crippen LogP contribution in [0.25, 0.3) is 0 Å². The highest BCUT2D eigenvalue weighted by Crippen LogP contribution is 2.13. The van der Waals surface area contributed by atoms with Crippen molar-refractivity contribution in [1.29, 1.82) is 5.26 Å². The maximum Gasteiger partial charge on any atom is 0.238 e. The van der Waals surface area contributed by atoms with E-state index < -0.39 is 0 Å². The van der Waals surface area contributed by atoms with E-state index in [2.05, 4.69) is 5.32 Å². The lowest BCUT2D eigenvalue weighted by Gasteiger charge is -2.20. The number of nitrogens with one attached hydrogen (secondary N) is 1. The first-order chi connectivity index (χ1) is 11.1. The van der Waals surface area contributed by atoms with E-state index in [1.807, 2.05) is 42.2 Å². The fourth-order valence-corrected chi connectivity index (χ4v) is 2.42. The lowest BCUT2D eigenvalue weighted by molar-refractivity contribution is -0.117. The Hall–Kier alpha value is -2.35. The van der Waals surface area contributed by atoms with Crippen molar-refractivity contribution in [3.63, 3.8) is 0 Å². The lowest BCUT2D eigenvalue weighted by Crippen LogP contribution is -2.32. The maximum atomic E-state index is 12.1. The molecule has 2 aromatic carbocycles. The number of carbonyl (C=O) groups excluding carboxylic acids is 1. The minimum absolute atomic E-state index is 0.0846. The number of carbonyl (C=O) groups is 1. The van der Waals surface area contributed by atoms with Gasteiger partial charge in [0.15, 0.2) is 0 Å². The number of likely N-dealkylation sites (N-methyl/N-ethyl adjacent to an activating group) is 1. The van der Waals surface area contributed by atoms with Crippen molar-refractivity contribution in [1.82, 2.24) is 4.90 Å². The van der Waals surface area contributed by atoms with Crippen LogP contribution in [0.15, 0.2) is 48.5 Å². The Morgan fingerprint density at radius 2 is 2.00 bits per heavy atom. The summed E-state index contributed by atoms with van der Waals surface area (Å²) in [6.07, 6.45) is 0. The maximum absolute atomic E-state index is 12.1. The van der Waals surface area contributed by atoms with Crippen LogP contribution in [0.5, 0.6) is 0 Å². The molecular weight excluding hydrogens is 310 g/mol. The molecule has 0 spiro atoms. The second-order valence-electron chi connectivity index (χ2n) is 5.17. The Morgan fingerprint density at radius 1 is 1.26 bits per heavy atom. The third-order valence-corrected chi connectivity index (χ3v) is 3.64. The number of hydrogen-bond donors (Lipinski definition) is 1. The number of amides is 1. The van der Waals surface area contributed by atoms with Gasteiger partial charge in [-0.1, -0.05) is 30.7 Å². The first-order valence-electron chi connectivity index (χ1n) is 7.37. The van der Waals surface area contributed by atoms with Crippen LogP contribution in [0.4, 0.5) is 5.69 Å². The van der Waals surface area contributed by atoms with Crippen molar-refractivity contribution in [3.8, 4) is 6.07 Å². The van der Waals surface area contributed by atoms with E-state index in [-0.39, 0.29) is 5.91 Å². The molecule has 118 valence electrons. The van der Waals surface area contributed by atoms with E-state index in [9.17, 15) is 4.79 Å². The fourth-order valence-electron chi connectivity index (χ4n) is 2.20. The first kappa shape index (κ1) is 17.0. The third-order valence-electron chi connectivity index (χ3n) is 3.41. The van der Waals surface area contributed by atoms with Crippen molar-refractivity contribution in [3.05, 3.63) is 64.7 Å². The molecular formula is C18H18ClN3O. The Kier molecular flexibility index (Phi) is 6.16. The molecule has 0 bridgehead atoms. The molecule has 0 aliphatic rings. The summed E-state index contributed by atoms with van der Waals surface area (Å²) in [7, 11) is 0. The normalized spacial score (nSPS) is 10.3. The summed E-state index contributed by atoms with van der Waals surface area (Å²) in [5, 5.41) is 12.3. The zero-order valence-corrected chi connectivity index (χ0v) is 13.7. The fraction of sp³-hybridized carbons (Fsp3) is 0.222. The number of nitriles is 1. The molecule has 0 atom stereocenters. The SMILES string of the molecule is CCN(CC(=O)Nc1ccc(C#N)cc1)Cc1cccc(Cl)c1. The van der Waals surface area contributed by atoms with Crippen LogP contribution in [-0.2, 0) is 11.3 Å². The molecule has 0 aromatic heterocycles. The molecule has 0 saturated heterocycles. The predicted octanol–water partition coefficient (Wildman–Crippen LogP) is 3.67. The summed E-state index contributed by atoms with van der Waals surface area (Å²) in [5.74, 6) is -0.0846. The Balaban J connectivity index is 1.92. The van der Waals surface area contributed by atoms with E-state index in [1.165, 1.54) is 0 Å². The Bertz CT molecular complexity index is 707. The highest BCUT2D eigenvalue weighted by atomic mass is 35.5. The third kappa shape index (κ3) is 5.41. The molecule has 1 amide bonds. The molecule has 0 saturated carbocycles. The van der Waals surface area contributed by atoms with E-state index >= 15 is 0 Å². The van der Waals surface area contributed by atoms with E-state index in [4.69, 9.17) is 16.9 Å². The van der Waals surface area contributed by atoms with Crippen LogP contribution >= 0.6 is 11.6 Å². The van der Waals surface area contributed by atoms with Crippen molar-refractivity contribution in [2.24, 2.45) is 0 Å². The minimum Gasteiger partial charge on any atom is -0.325 e. The molecule has 0 radical (unpaired) electrons. The first-order valence-corrected chi connectivity index (χ1v) is 7.75. The highest BCUT2D eigenvalue weighted by molar-refractivity contribution is 6.30. The van der Waals surface area contributed by atoms with Gasteiger partial charge in [-0.15, -0.1) is 0 Å². The molecule has 0 heterocycles. The molecule has 0 aliphatic heterocycles. The molecule has 0 unspecified atom stereocenters. The summed E-state index contributed by atoms with van der Waals surface area (Å²) in [4.78, 5) is 14.2. The quantitative estimate of drug-likeness (QED) is 0.880. The van der Waals surface area contributed by atoms with Crippen LogP contribution in [0.2, 0.25) is 5.02 Å². The van der Waals surface area contributed by atoms with Crippen LogP contribution in [0, 0.1) is 11.3 Å². The van der Waals surface area contributed by atoms with Crippen LogP contribution < -0.4 is 5.32 Å². The summed E-state index contributed by atoms with van der Waals surface area (Å²) in [6, 6.07) is 16.5. The predicted molar refractivity (Wildman–Crippen MR) is 92.2 cm³/mol. The molecule has 1 N–H and O–H groups in total. The van der Waals surface area contributed by atoms with E-state index in [0.29, 0.717) is 29.4 Å². The largest absolute Gasteiger partial charge is 0.325 e. The standard InChI is InChI=1S/C18H18ClN3O/c1-2-22(12-15-4-3-5-16(19)10-15)13-18(23)21-17-8-6-14(11-20)7-9-17/h3-10H,2,12-13H2,1H3,(H,21,23). The van der Waals surface area contributed by atoms with Gasteiger partial charge in [0, 0.05) is 17.3 Å². The smallest absolute Gasteiger partial charge is 0.238 e. The van der Waals surface area contributed by atoms with Gasteiger partial charge in [-0.05, 0) is 48.5 Å². The van der Waals surface area contributed by atoms with Crippen LogP contribution in [0.1, 0.15) is 18.1 Å². The molecule has 0 aliphatic carbocycles. The average Bonchev–Trinajstić information content (AvgIpc) is 2.55. The van der Waals surface area contributed by atoms with Gasteiger partial charge < -0.3 is 5.32 Å². The van der Waals surface area contributed by atoms with Gasteiger partial charge in [-0.25, -0.2) is 0 Å². The summed E-state index contributed by atoms with van der Waals surface area (Å²) < 4.78 is 0. The highest BCUT2D eigenvalue weighted by Gasteiger charge is 2.10. The second-order valence-corrected chi connectivity index (χ2v) is 5.61. The topological polar surface area (TPSA) is 56.1 Å². The van der Waals surface area contributed by atoms with Gasteiger partial charge in [-0.2, -0.15) is 5.26 Å². The molecule has 2 rings (SSSR count). The summed E-state index contributed by atoms with van der Waals surface area (Å²) in [6.45, 7) is 3.73. The van der Waals surface area contributed by atoms with Gasteiger partial charge in [-0.3, -0.25) is 9.69 Å². The monoisotopic (exact) mass is 327 g/mol. The Labute approximate surface area is 141 Å². The molecule has 2 aromatic rings. The number of anilines is 1. The van der Waals surface area contributed by atoms with E-state index in [1.54, 1.807) is 24.3 Å². The molecule has 0 fully saturated rings. The van der Waals surface area contributed by atoms with Gasteiger partial charge in [0.2, 0.25) is 5.91 Å². The zero-order chi connectivity index (χ0) is 16.7. The van der Waals surface area contributed by atoms with Gasteiger partial charge >= 0.3 is 0 Å².